The van der Waals surface area contributed by atoms with Crippen molar-refractivity contribution >= 4 is 17.5 Å². The van der Waals surface area contributed by atoms with Gasteiger partial charge in [-0.2, -0.15) is 0 Å². The van der Waals surface area contributed by atoms with Crippen molar-refractivity contribution in [2.75, 3.05) is 13.1 Å². The van der Waals surface area contributed by atoms with Crippen molar-refractivity contribution in [3.63, 3.8) is 0 Å². The Morgan fingerprint density at radius 1 is 1.65 bits per heavy atom. The molecule has 2 unspecified atom stereocenters. The van der Waals surface area contributed by atoms with E-state index < -0.39 is 0 Å². The fourth-order valence-electron chi connectivity index (χ4n) is 2.04. The molecule has 0 aromatic carbocycles. The Morgan fingerprint density at radius 2 is 2.41 bits per heavy atom. The largest absolute Gasteiger partial charge is 0.393 e. The number of aliphatic hydroxyl groups is 1. The lowest BCUT2D eigenvalue weighted by Crippen LogP contribution is -2.45. The molecule has 5 heteroatoms. The van der Waals surface area contributed by atoms with Gasteiger partial charge >= 0.3 is 0 Å². The Balaban J connectivity index is 2.14. The van der Waals surface area contributed by atoms with E-state index >= 15 is 0 Å². The number of carbonyl (C=O) groups excluding carboxylic acids is 1. The van der Waals surface area contributed by atoms with Gasteiger partial charge in [0.15, 0.2) is 0 Å². The molecule has 92 valence electrons. The third kappa shape index (κ3) is 2.58. The minimum absolute atomic E-state index is 0.0869. The van der Waals surface area contributed by atoms with Crippen LogP contribution >= 0.6 is 11.6 Å². The fourth-order valence-corrected chi connectivity index (χ4v) is 2.24. The van der Waals surface area contributed by atoms with Crippen LogP contribution in [-0.2, 0) is 0 Å². The van der Waals surface area contributed by atoms with Gasteiger partial charge in [-0.05, 0) is 18.4 Å². The Bertz CT molecular complexity index is 425. The summed E-state index contributed by atoms with van der Waals surface area (Å²) in [5.41, 5.74) is 0.477. The number of likely N-dealkylation sites (tertiary alicyclic amines) is 1. The number of nitrogens with zero attached hydrogens (tertiary/aromatic N) is 2. The van der Waals surface area contributed by atoms with E-state index in [1.165, 1.54) is 6.20 Å². The normalized spacial score (nSPS) is 24.8. The fraction of sp³-hybridized carbons (Fsp3) is 0.500. The molecular weight excluding hydrogens is 240 g/mol. The first-order valence-electron chi connectivity index (χ1n) is 5.66. The van der Waals surface area contributed by atoms with E-state index in [4.69, 9.17) is 11.6 Å². The van der Waals surface area contributed by atoms with Crippen molar-refractivity contribution in [2.45, 2.75) is 19.4 Å². The Labute approximate surface area is 105 Å². The molecule has 0 bridgehead atoms. The minimum Gasteiger partial charge on any atom is -0.393 e. The lowest BCUT2D eigenvalue weighted by molar-refractivity contribution is 0.0297. The summed E-state index contributed by atoms with van der Waals surface area (Å²) in [5.74, 6) is 0.0180. The first-order valence-corrected chi connectivity index (χ1v) is 6.04. The van der Waals surface area contributed by atoms with E-state index in [0.717, 1.165) is 0 Å². The molecule has 2 rings (SSSR count). The zero-order chi connectivity index (χ0) is 12.4. The number of halogens is 1. The Hall–Kier alpha value is -1.13. The van der Waals surface area contributed by atoms with Gasteiger partial charge in [0.1, 0.15) is 0 Å². The van der Waals surface area contributed by atoms with Crippen LogP contribution in [0.2, 0.25) is 5.02 Å². The van der Waals surface area contributed by atoms with Crippen molar-refractivity contribution in [2.24, 2.45) is 5.92 Å². The number of hydrogen-bond acceptors (Lipinski definition) is 3. The maximum absolute atomic E-state index is 12.2. The molecule has 1 aliphatic rings. The molecule has 1 aromatic heterocycles. The number of aromatic nitrogens is 1. The molecule has 0 radical (unpaired) electrons. The summed E-state index contributed by atoms with van der Waals surface area (Å²) >= 11 is 5.94. The highest BCUT2D eigenvalue weighted by atomic mass is 35.5. The predicted molar refractivity (Wildman–Crippen MR) is 64.9 cm³/mol. The molecule has 1 aromatic rings. The van der Waals surface area contributed by atoms with Crippen molar-refractivity contribution in [1.29, 1.82) is 0 Å². The summed E-state index contributed by atoms with van der Waals surface area (Å²) in [5, 5.41) is 10.00. The topological polar surface area (TPSA) is 53.4 Å². The second kappa shape index (κ2) is 5.02. The van der Waals surface area contributed by atoms with Crippen LogP contribution in [0.3, 0.4) is 0 Å². The molecule has 0 saturated carbocycles. The monoisotopic (exact) mass is 254 g/mol. The highest BCUT2D eigenvalue weighted by Crippen LogP contribution is 2.21. The lowest BCUT2D eigenvalue weighted by Gasteiger charge is -2.34. The minimum atomic E-state index is -0.313. The average Bonchev–Trinajstić information content (AvgIpc) is 2.32. The molecule has 2 heterocycles. The number of hydrogen-bond donors (Lipinski definition) is 1. The molecule has 17 heavy (non-hydrogen) atoms. The van der Waals surface area contributed by atoms with Gasteiger partial charge < -0.3 is 10.0 Å². The second-order valence-electron chi connectivity index (χ2n) is 4.44. The van der Waals surface area contributed by atoms with E-state index in [-0.39, 0.29) is 17.9 Å². The van der Waals surface area contributed by atoms with Crippen molar-refractivity contribution in [3.05, 3.63) is 29.0 Å². The summed E-state index contributed by atoms with van der Waals surface area (Å²) in [6.45, 7) is 3.08. The number of carbonyl (C=O) groups is 1. The standard InChI is InChI=1S/C12H15ClN2O2/c1-8-7-15(5-3-11(8)16)12(17)9-2-4-14-6-10(9)13/h2,4,6,8,11,16H,3,5,7H2,1H3. The second-order valence-corrected chi connectivity index (χ2v) is 4.85. The number of pyridine rings is 1. The van der Waals surface area contributed by atoms with Gasteiger partial charge in [-0.25, -0.2) is 0 Å². The maximum atomic E-state index is 12.2. The highest BCUT2D eigenvalue weighted by Gasteiger charge is 2.28. The SMILES string of the molecule is CC1CN(C(=O)c2ccncc2Cl)CCC1O. The van der Waals surface area contributed by atoms with Crippen LogP contribution in [0.1, 0.15) is 23.7 Å². The summed E-state index contributed by atoms with van der Waals surface area (Å²) < 4.78 is 0. The maximum Gasteiger partial charge on any atom is 0.255 e. The van der Waals surface area contributed by atoms with Gasteiger partial charge in [-0.3, -0.25) is 9.78 Å². The smallest absolute Gasteiger partial charge is 0.255 e. The van der Waals surface area contributed by atoms with Gasteiger partial charge in [-0.15, -0.1) is 0 Å². The molecule has 1 aliphatic heterocycles. The predicted octanol–water partition coefficient (Wildman–Crippen LogP) is 1.58. The first-order chi connectivity index (χ1) is 8.09. The number of rotatable bonds is 1. The summed E-state index contributed by atoms with van der Waals surface area (Å²) in [7, 11) is 0. The molecule has 0 aliphatic carbocycles. The summed E-state index contributed by atoms with van der Waals surface area (Å²) in [4.78, 5) is 17.8. The summed E-state index contributed by atoms with van der Waals surface area (Å²) in [6, 6.07) is 1.63. The van der Waals surface area contributed by atoms with Crippen molar-refractivity contribution in [3.8, 4) is 0 Å². The molecule has 4 nitrogen and oxygen atoms in total. The van der Waals surface area contributed by atoms with E-state index in [0.29, 0.717) is 30.1 Å². The van der Waals surface area contributed by atoms with Gasteiger partial charge in [0.05, 0.1) is 16.7 Å². The lowest BCUT2D eigenvalue weighted by atomic mass is 9.96. The van der Waals surface area contributed by atoms with E-state index in [1.807, 2.05) is 6.92 Å². The van der Waals surface area contributed by atoms with Gasteiger partial charge in [0.25, 0.3) is 5.91 Å². The number of piperidine rings is 1. The first kappa shape index (κ1) is 12.3. The van der Waals surface area contributed by atoms with E-state index in [2.05, 4.69) is 4.98 Å². The van der Waals surface area contributed by atoms with Crippen LogP contribution in [0.15, 0.2) is 18.5 Å². The zero-order valence-corrected chi connectivity index (χ0v) is 10.4. The molecule has 1 N–H and O–H groups in total. The van der Waals surface area contributed by atoms with Crippen LogP contribution in [0.4, 0.5) is 0 Å². The highest BCUT2D eigenvalue weighted by molar-refractivity contribution is 6.33. The van der Waals surface area contributed by atoms with Crippen molar-refractivity contribution < 1.29 is 9.90 Å². The van der Waals surface area contributed by atoms with E-state index in [1.54, 1.807) is 17.2 Å². The molecule has 1 saturated heterocycles. The van der Waals surface area contributed by atoms with Gasteiger partial charge in [-0.1, -0.05) is 18.5 Å². The number of amides is 1. The number of aliphatic hydroxyl groups excluding tert-OH is 1. The van der Waals surface area contributed by atoms with Crippen molar-refractivity contribution in [1.82, 2.24) is 9.88 Å². The summed E-state index contributed by atoms with van der Waals surface area (Å²) in [6.07, 6.45) is 3.33. The van der Waals surface area contributed by atoms with Crippen LogP contribution in [0, 0.1) is 5.92 Å². The third-order valence-corrected chi connectivity index (χ3v) is 3.45. The van der Waals surface area contributed by atoms with E-state index in [9.17, 15) is 9.90 Å². The quantitative estimate of drug-likeness (QED) is 0.828. The average molecular weight is 255 g/mol. The molecule has 0 spiro atoms. The Kier molecular flexibility index (Phi) is 3.64. The Morgan fingerprint density at radius 3 is 3.06 bits per heavy atom. The zero-order valence-electron chi connectivity index (χ0n) is 9.64. The van der Waals surface area contributed by atoms with Crippen LogP contribution in [-0.4, -0.2) is 40.1 Å². The van der Waals surface area contributed by atoms with Gasteiger partial charge in [0.2, 0.25) is 0 Å². The van der Waals surface area contributed by atoms with Crippen LogP contribution in [0.5, 0.6) is 0 Å². The molecule has 1 amide bonds. The van der Waals surface area contributed by atoms with Gasteiger partial charge in [0, 0.05) is 25.5 Å². The van der Waals surface area contributed by atoms with Crippen LogP contribution < -0.4 is 0 Å². The van der Waals surface area contributed by atoms with Crippen LogP contribution in [0.25, 0.3) is 0 Å². The molecule has 2 atom stereocenters. The molecular formula is C12H15ClN2O2. The molecule has 1 fully saturated rings. The third-order valence-electron chi connectivity index (χ3n) is 3.15.